The van der Waals surface area contributed by atoms with E-state index in [-0.39, 0.29) is 0 Å². The van der Waals surface area contributed by atoms with Gasteiger partial charge in [0.15, 0.2) is 0 Å². The van der Waals surface area contributed by atoms with E-state index >= 15 is 0 Å². The maximum Gasteiger partial charge on any atom is 0.0640 e. The van der Waals surface area contributed by atoms with Gasteiger partial charge in [-0.05, 0) is 103 Å². The van der Waals surface area contributed by atoms with Crippen molar-refractivity contribution >= 4 is 91.7 Å². The molecular formula is C46H29NS. The minimum absolute atomic E-state index is 1.14. The average molecular weight is 628 g/mol. The summed E-state index contributed by atoms with van der Waals surface area (Å²) in [6, 6.07) is 64.5. The summed E-state index contributed by atoms with van der Waals surface area (Å²) in [5.41, 5.74) is 5.90. The van der Waals surface area contributed by atoms with Crippen LogP contribution in [-0.4, -0.2) is 0 Å². The molecule has 9 aromatic carbocycles. The van der Waals surface area contributed by atoms with E-state index in [0.29, 0.717) is 0 Å². The lowest BCUT2D eigenvalue weighted by atomic mass is 9.94. The molecule has 1 aromatic heterocycles. The first kappa shape index (κ1) is 27.2. The molecule has 0 amide bonds. The Labute approximate surface area is 282 Å². The second kappa shape index (κ2) is 10.8. The molecule has 1 nitrogen and oxygen atoms in total. The lowest BCUT2D eigenvalue weighted by Gasteiger charge is -2.26. The van der Waals surface area contributed by atoms with E-state index < -0.39 is 0 Å². The normalized spacial score (nSPS) is 11.8. The largest absolute Gasteiger partial charge is 0.309 e. The molecule has 0 aliphatic carbocycles. The maximum atomic E-state index is 2.40. The molecule has 0 bridgehead atoms. The van der Waals surface area contributed by atoms with Crippen LogP contribution in [0.1, 0.15) is 0 Å². The fraction of sp³-hybridized carbons (Fsp3) is 0. The van der Waals surface area contributed by atoms with Crippen molar-refractivity contribution in [3.05, 3.63) is 176 Å². The van der Waals surface area contributed by atoms with Crippen LogP contribution in [0.4, 0.5) is 17.1 Å². The van der Waals surface area contributed by atoms with Gasteiger partial charge in [-0.1, -0.05) is 127 Å². The van der Waals surface area contributed by atoms with Crippen molar-refractivity contribution in [2.45, 2.75) is 0 Å². The van der Waals surface area contributed by atoms with Crippen LogP contribution < -0.4 is 4.90 Å². The van der Waals surface area contributed by atoms with Crippen LogP contribution in [0.5, 0.6) is 0 Å². The van der Waals surface area contributed by atoms with Gasteiger partial charge in [0.2, 0.25) is 0 Å². The highest BCUT2D eigenvalue weighted by Crippen LogP contribution is 2.46. The zero-order valence-corrected chi connectivity index (χ0v) is 26.9. The van der Waals surface area contributed by atoms with Crippen LogP contribution >= 0.6 is 11.3 Å². The van der Waals surface area contributed by atoms with Gasteiger partial charge in [-0.25, -0.2) is 0 Å². The number of para-hydroxylation sites is 1. The summed E-state index contributed by atoms with van der Waals surface area (Å²) < 4.78 is 2.61. The minimum atomic E-state index is 1.14. The summed E-state index contributed by atoms with van der Waals surface area (Å²) >= 11 is 1.88. The Balaban J connectivity index is 1.12. The first-order valence-electron chi connectivity index (χ1n) is 16.4. The summed E-state index contributed by atoms with van der Waals surface area (Å²) in [4.78, 5) is 2.40. The van der Waals surface area contributed by atoms with E-state index in [4.69, 9.17) is 0 Å². The third-order valence-corrected chi connectivity index (χ3v) is 11.0. The lowest BCUT2D eigenvalue weighted by molar-refractivity contribution is 1.30. The van der Waals surface area contributed by atoms with Crippen LogP contribution in [0, 0.1) is 0 Å². The number of nitrogens with zero attached hydrogens (tertiary/aromatic N) is 1. The molecule has 0 aliphatic rings. The predicted octanol–water partition coefficient (Wildman–Crippen LogP) is 13.8. The van der Waals surface area contributed by atoms with Gasteiger partial charge < -0.3 is 4.90 Å². The zero-order valence-electron chi connectivity index (χ0n) is 26.1. The highest BCUT2D eigenvalue weighted by Gasteiger charge is 2.18. The number of rotatable bonds is 4. The predicted molar refractivity (Wildman–Crippen MR) is 209 cm³/mol. The molecule has 0 spiro atoms. The molecule has 224 valence electrons. The molecule has 10 aromatic rings. The Morgan fingerprint density at radius 1 is 0.354 bits per heavy atom. The van der Waals surface area contributed by atoms with Gasteiger partial charge in [0, 0.05) is 26.8 Å². The molecule has 0 aliphatic heterocycles. The van der Waals surface area contributed by atoms with Crippen molar-refractivity contribution in [2.24, 2.45) is 0 Å². The molecule has 1 heterocycles. The molecule has 0 unspecified atom stereocenters. The highest BCUT2D eigenvalue weighted by atomic mass is 32.1. The number of thiophene rings is 1. The Morgan fingerprint density at radius 3 is 1.77 bits per heavy atom. The molecule has 10 rings (SSSR count). The molecule has 48 heavy (non-hydrogen) atoms. The van der Waals surface area contributed by atoms with E-state index in [9.17, 15) is 0 Å². The first-order valence-corrected chi connectivity index (χ1v) is 17.2. The van der Waals surface area contributed by atoms with Crippen LogP contribution in [0.15, 0.2) is 176 Å². The average Bonchev–Trinajstić information content (AvgIpc) is 3.52. The number of hydrogen-bond donors (Lipinski definition) is 0. The Hall–Kier alpha value is -5.96. The molecular weight excluding hydrogens is 599 g/mol. The van der Waals surface area contributed by atoms with Crippen molar-refractivity contribution in [1.82, 2.24) is 0 Å². The summed E-state index contributed by atoms with van der Waals surface area (Å²) in [5.74, 6) is 0. The molecule has 0 N–H and O–H groups in total. The Morgan fingerprint density at radius 2 is 0.958 bits per heavy atom. The van der Waals surface area contributed by atoms with Gasteiger partial charge in [0.25, 0.3) is 0 Å². The van der Waals surface area contributed by atoms with Crippen LogP contribution in [0.3, 0.4) is 0 Å². The topological polar surface area (TPSA) is 3.24 Å². The molecule has 0 fully saturated rings. The SMILES string of the molecule is c1ccc(N(c2ccc(-c3ccc4ccc5ccc6ccccc6c5c4c3)cc2)c2cccc3c2sc2cc4ccccc4cc23)cc1. The Bertz CT molecular complexity index is 2820. The van der Waals surface area contributed by atoms with E-state index in [1.165, 1.54) is 80.1 Å². The van der Waals surface area contributed by atoms with Crippen LogP contribution in [-0.2, 0) is 0 Å². The van der Waals surface area contributed by atoms with E-state index in [1.807, 2.05) is 11.3 Å². The summed E-state index contributed by atoms with van der Waals surface area (Å²) in [6.45, 7) is 0. The molecule has 2 heteroatoms. The van der Waals surface area contributed by atoms with Crippen molar-refractivity contribution in [2.75, 3.05) is 4.90 Å². The maximum absolute atomic E-state index is 2.40. The number of benzene rings is 9. The summed E-state index contributed by atoms with van der Waals surface area (Å²) in [6.07, 6.45) is 0. The molecule has 0 radical (unpaired) electrons. The highest BCUT2D eigenvalue weighted by molar-refractivity contribution is 7.26. The smallest absolute Gasteiger partial charge is 0.0640 e. The van der Waals surface area contributed by atoms with E-state index in [0.717, 1.165) is 11.4 Å². The van der Waals surface area contributed by atoms with E-state index in [1.54, 1.807) is 0 Å². The summed E-state index contributed by atoms with van der Waals surface area (Å²) in [7, 11) is 0. The monoisotopic (exact) mass is 627 g/mol. The molecule has 0 saturated carbocycles. The fourth-order valence-electron chi connectivity index (χ4n) is 7.46. The van der Waals surface area contributed by atoms with Crippen LogP contribution in [0.2, 0.25) is 0 Å². The quantitative estimate of drug-likeness (QED) is 0.176. The zero-order chi connectivity index (χ0) is 31.6. The third-order valence-electron chi connectivity index (χ3n) is 9.78. The number of fused-ring (bicyclic) bond motifs is 9. The molecule has 0 saturated heterocycles. The second-order valence-electron chi connectivity index (χ2n) is 12.6. The van der Waals surface area contributed by atoms with Gasteiger partial charge in [-0.3, -0.25) is 0 Å². The van der Waals surface area contributed by atoms with E-state index in [2.05, 4.69) is 181 Å². The lowest BCUT2D eigenvalue weighted by Crippen LogP contribution is -2.09. The first-order chi connectivity index (χ1) is 23.8. The van der Waals surface area contributed by atoms with Gasteiger partial charge in [-0.15, -0.1) is 11.3 Å². The number of anilines is 3. The fourth-order valence-corrected chi connectivity index (χ4v) is 8.69. The van der Waals surface area contributed by atoms with Crippen molar-refractivity contribution in [3.63, 3.8) is 0 Å². The van der Waals surface area contributed by atoms with Gasteiger partial charge >= 0.3 is 0 Å². The summed E-state index contributed by atoms with van der Waals surface area (Å²) in [5, 5.41) is 12.9. The standard InChI is InChI=1S/C46H29NS/c1-2-12-37(13-3-1)47(43-16-8-15-40-42-28-34-10-4-5-11-35(34)29-44(42)48-46(40)43)38-25-23-30(24-26-38)36-22-19-32-18-21-33-20-17-31-9-6-7-14-39(31)45(33)41(32)27-36/h1-29H. The van der Waals surface area contributed by atoms with Crippen LogP contribution in [0.25, 0.3) is 74.4 Å². The third kappa shape index (κ3) is 4.31. The molecule has 0 atom stereocenters. The van der Waals surface area contributed by atoms with Crippen molar-refractivity contribution in [1.29, 1.82) is 0 Å². The second-order valence-corrected chi connectivity index (χ2v) is 13.6. The minimum Gasteiger partial charge on any atom is -0.309 e. The Kier molecular flexibility index (Phi) is 6.12. The van der Waals surface area contributed by atoms with Gasteiger partial charge in [0.05, 0.1) is 10.4 Å². The van der Waals surface area contributed by atoms with Crippen molar-refractivity contribution in [3.8, 4) is 11.1 Å². The van der Waals surface area contributed by atoms with Gasteiger partial charge in [-0.2, -0.15) is 0 Å². The number of hydrogen-bond acceptors (Lipinski definition) is 2. The van der Waals surface area contributed by atoms with Crippen molar-refractivity contribution < 1.29 is 0 Å². The van der Waals surface area contributed by atoms with Gasteiger partial charge in [0.1, 0.15) is 0 Å².